The lowest BCUT2D eigenvalue weighted by Gasteiger charge is -2.28. The number of carbonyl (C=O) groups is 2. The Balaban J connectivity index is 0.000000645. The molecule has 1 fully saturated rings. The van der Waals surface area contributed by atoms with E-state index in [2.05, 4.69) is 20.6 Å². The Bertz CT molecular complexity index is 1090. The van der Waals surface area contributed by atoms with Gasteiger partial charge in [0.15, 0.2) is 0 Å². The van der Waals surface area contributed by atoms with E-state index in [0.29, 0.717) is 11.4 Å². The van der Waals surface area contributed by atoms with Gasteiger partial charge in [-0.15, -0.1) is 0 Å². The molecule has 1 aliphatic heterocycles. The first-order valence-corrected chi connectivity index (χ1v) is 9.77. The van der Waals surface area contributed by atoms with E-state index in [1.807, 2.05) is 22.9 Å². The van der Waals surface area contributed by atoms with Crippen LogP contribution in [0.15, 0.2) is 29.2 Å². The van der Waals surface area contributed by atoms with Crippen molar-refractivity contribution in [3.63, 3.8) is 0 Å². The number of benzene rings is 1. The summed E-state index contributed by atoms with van der Waals surface area (Å²) < 4.78 is 1.91. The molecule has 2 aliphatic rings. The highest BCUT2D eigenvalue weighted by Gasteiger charge is 2.34. The van der Waals surface area contributed by atoms with Crippen LogP contribution in [0.4, 0.5) is 5.82 Å². The second-order valence-electron chi connectivity index (χ2n) is 7.49. The third-order valence-electron chi connectivity index (χ3n) is 5.77. The predicted octanol–water partition coefficient (Wildman–Crippen LogP) is 2.73. The number of hydrogen-bond donors (Lipinski definition) is 4. The second kappa shape index (κ2) is 7.94. The average molecular weight is 397 g/mol. The molecule has 1 amide bonds. The Kier molecular flexibility index (Phi) is 5.20. The zero-order valence-electron chi connectivity index (χ0n) is 15.9. The molecule has 152 valence electrons. The average Bonchev–Trinajstić information content (AvgIpc) is 3.32. The number of H-pyrrole nitrogens is 2. The minimum atomic E-state index is -0.250. The zero-order valence-corrected chi connectivity index (χ0v) is 15.9. The first kappa shape index (κ1) is 19.0. The van der Waals surface area contributed by atoms with E-state index in [4.69, 9.17) is 9.90 Å². The lowest BCUT2D eigenvalue weighted by molar-refractivity contribution is -0.123. The van der Waals surface area contributed by atoms with Crippen LogP contribution in [0.1, 0.15) is 61.6 Å². The molecule has 3 heterocycles. The number of aromatic nitrogens is 4. The fourth-order valence-corrected chi connectivity index (χ4v) is 4.45. The molecule has 9 heteroatoms. The van der Waals surface area contributed by atoms with Gasteiger partial charge in [0.25, 0.3) is 12.0 Å². The molecule has 4 N–H and O–H groups in total. The molecule has 1 aromatic carbocycles. The van der Waals surface area contributed by atoms with Crippen molar-refractivity contribution in [3.05, 3.63) is 45.9 Å². The number of nitrogens with zero attached hydrogens (tertiary/aromatic N) is 2. The lowest BCUT2D eigenvalue weighted by atomic mass is 9.86. The van der Waals surface area contributed by atoms with E-state index in [-0.39, 0.29) is 36.3 Å². The Morgan fingerprint density at radius 2 is 1.93 bits per heavy atom. The number of anilines is 1. The van der Waals surface area contributed by atoms with E-state index in [1.54, 1.807) is 6.20 Å². The number of hydrogen-bond acceptors (Lipinski definition) is 4. The van der Waals surface area contributed by atoms with Crippen molar-refractivity contribution in [1.29, 1.82) is 0 Å². The van der Waals surface area contributed by atoms with Gasteiger partial charge < -0.3 is 10.4 Å². The summed E-state index contributed by atoms with van der Waals surface area (Å²) in [6, 6.07) is 6.22. The van der Waals surface area contributed by atoms with Crippen molar-refractivity contribution in [2.75, 3.05) is 5.32 Å². The summed E-state index contributed by atoms with van der Waals surface area (Å²) in [7, 11) is 0. The molecule has 1 saturated carbocycles. The van der Waals surface area contributed by atoms with Gasteiger partial charge in [0, 0.05) is 17.7 Å². The number of fused-ring (bicyclic) bond motifs is 2. The van der Waals surface area contributed by atoms with E-state index in [0.717, 1.165) is 42.1 Å². The summed E-state index contributed by atoms with van der Waals surface area (Å²) in [5, 5.41) is 20.9. The molecule has 0 radical (unpaired) electrons. The topological polar surface area (TPSA) is 133 Å². The van der Waals surface area contributed by atoms with Gasteiger partial charge in [-0.05, 0) is 24.5 Å². The van der Waals surface area contributed by atoms with Gasteiger partial charge in [-0.2, -0.15) is 5.10 Å². The van der Waals surface area contributed by atoms with Crippen molar-refractivity contribution >= 4 is 29.1 Å². The Hall–Kier alpha value is -3.36. The van der Waals surface area contributed by atoms with Gasteiger partial charge in [0.05, 0.1) is 23.3 Å². The van der Waals surface area contributed by atoms with Gasteiger partial charge >= 0.3 is 0 Å². The molecule has 2 aromatic heterocycles. The SMILES string of the molecule is O=C1CC(c2ccc3cn[nH]c3c2)c2c(n(C3CCCCC3)[nH]c2=O)N1.O=CO. The quantitative estimate of drug-likeness (QED) is 0.494. The largest absolute Gasteiger partial charge is 0.483 e. The van der Waals surface area contributed by atoms with Crippen molar-refractivity contribution in [2.24, 2.45) is 0 Å². The highest BCUT2D eigenvalue weighted by atomic mass is 16.3. The monoisotopic (exact) mass is 397 g/mol. The summed E-state index contributed by atoms with van der Waals surface area (Å²) in [4.78, 5) is 33.6. The van der Waals surface area contributed by atoms with Gasteiger partial charge in [-0.1, -0.05) is 31.4 Å². The third kappa shape index (κ3) is 3.55. The minimum absolute atomic E-state index is 0.0456. The maximum atomic E-state index is 12.8. The van der Waals surface area contributed by atoms with Crippen molar-refractivity contribution in [1.82, 2.24) is 20.0 Å². The van der Waals surface area contributed by atoms with E-state index < -0.39 is 0 Å². The molecular weight excluding hydrogens is 374 g/mol. The number of rotatable bonds is 2. The molecule has 1 aliphatic carbocycles. The maximum Gasteiger partial charge on any atom is 0.290 e. The predicted molar refractivity (Wildman–Crippen MR) is 107 cm³/mol. The summed E-state index contributed by atoms with van der Waals surface area (Å²) in [5.74, 6) is 0.378. The molecule has 1 atom stereocenters. The lowest BCUT2D eigenvalue weighted by Crippen LogP contribution is -2.27. The maximum absolute atomic E-state index is 12.8. The van der Waals surface area contributed by atoms with Crippen molar-refractivity contribution in [3.8, 4) is 0 Å². The second-order valence-corrected chi connectivity index (χ2v) is 7.49. The van der Waals surface area contributed by atoms with Crippen LogP contribution in [0.3, 0.4) is 0 Å². The van der Waals surface area contributed by atoms with Gasteiger partial charge in [-0.3, -0.25) is 29.3 Å². The number of carbonyl (C=O) groups excluding carboxylic acids is 1. The number of amides is 1. The van der Waals surface area contributed by atoms with Crippen LogP contribution in [0.5, 0.6) is 0 Å². The molecule has 29 heavy (non-hydrogen) atoms. The van der Waals surface area contributed by atoms with E-state index >= 15 is 0 Å². The highest BCUT2D eigenvalue weighted by molar-refractivity contribution is 5.94. The molecule has 9 nitrogen and oxygen atoms in total. The fourth-order valence-electron chi connectivity index (χ4n) is 4.45. The van der Waals surface area contributed by atoms with Crippen LogP contribution >= 0.6 is 0 Å². The Morgan fingerprint density at radius 3 is 2.69 bits per heavy atom. The van der Waals surface area contributed by atoms with Gasteiger partial charge in [0.1, 0.15) is 5.82 Å². The summed E-state index contributed by atoms with van der Waals surface area (Å²) in [5.41, 5.74) is 2.46. The molecule has 0 saturated heterocycles. The third-order valence-corrected chi connectivity index (χ3v) is 5.77. The van der Waals surface area contributed by atoms with Crippen LogP contribution < -0.4 is 10.9 Å². The molecule has 1 unspecified atom stereocenters. The minimum Gasteiger partial charge on any atom is -0.483 e. The van der Waals surface area contributed by atoms with Crippen LogP contribution in [0.2, 0.25) is 0 Å². The van der Waals surface area contributed by atoms with Crippen LogP contribution in [0.25, 0.3) is 10.9 Å². The molecule has 3 aromatic rings. The first-order valence-electron chi connectivity index (χ1n) is 9.77. The zero-order chi connectivity index (χ0) is 20.4. The van der Waals surface area contributed by atoms with Crippen molar-refractivity contribution < 1.29 is 14.7 Å². The van der Waals surface area contributed by atoms with Crippen LogP contribution in [-0.4, -0.2) is 37.5 Å². The number of aromatic amines is 2. The van der Waals surface area contributed by atoms with E-state index in [9.17, 15) is 9.59 Å². The Labute approximate surface area is 166 Å². The highest BCUT2D eigenvalue weighted by Crippen LogP contribution is 2.38. The number of carboxylic acid groups (broad SMARTS) is 1. The summed E-state index contributed by atoms with van der Waals surface area (Å²) in [6.07, 6.45) is 7.69. The normalized spacial score (nSPS) is 19.2. The van der Waals surface area contributed by atoms with Gasteiger partial charge in [0.2, 0.25) is 5.91 Å². The molecule has 0 spiro atoms. The van der Waals surface area contributed by atoms with Crippen LogP contribution in [0, 0.1) is 0 Å². The molecular formula is C20H23N5O4. The van der Waals surface area contributed by atoms with E-state index in [1.165, 1.54) is 6.42 Å². The summed E-state index contributed by atoms with van der Waals surface area (Å²) in [6.45, 7) is -0.250. The Morgan fingerprint density at radius 1 is 1.17 bits per heavy atom. The molecule has 0 bridgehead atoms. The summed E-state index contributed by atoms with van der Waals surface area (Å²) >= 11 is 0. The fraction of sp³-hybridized carbons (Fsp3) is 0.400. The van der Waals surface area contributed by atoms with Gasteiger partial charge in [-0.25, -0.2) is 0 Å². The van der Waals surface area contributed by atoms with Crippen molar-refractivity contribution in [2.45, 2.75) is 50.5 Å². The smallest absolute Gasteiger partial charge is 0.290 e. The first-order chi connectivity index (χ1) is 14.1. The number of nitrogens with one attached hydrogen (secondary N) is 3. The van der Waals surface area contributed by atoms with Crippen LogP contribution in [-0.2, 0) is 9.59 Å². The standard InChI is InChI=1S/C19H21N5O2.CH2O2/c25-16-9-14(11-6-7-12-10-20-22-15(12)8-11)17-18(21-16)24(23-19(17)26)13-4-2-1-3-5-13;2-1-3/h6-8,10,13-14H,1-5,9H2,(H,20,22)(H,21,25)(H,23,26);1H,(H,2,3). The molecule has 5 rings (SSSR count).